The Bertz CT molecular complexity index is 887. The van der Waals surface area contributed by atoms with Crippen molar-refractivity contribution in [2.75, 3.05) is 25.6 Å². The van der Waals surface area contributed by atoms with Gasteiger partial charge in [0.2, 0.25) is 0 Å². The number of aromatic hydroxyl groups is 1. The molecule has 1 atom stereocenters. The van der Waals surface area contributed by atoms with Gasteiger partial charge in [-0.05, 0) is 31.0 Å². The van der Waals surface area contributed by atoms with E-state index < -0.39 is 0 Å². The highest BCUT2D eigenvalue weighted by Crippen LogP contribution is 2.34. The second kappa shape index (κ2) is 6.60. The number of hydrogen-bond acceptors (Lipinski definition) is 6. The molecule has 2 aromatic heterocycles. The molecule has 3 aromatic rings. The van der Waals surface area contributed by atoms with Crippen molar-refractivity contribution in [1.82, 2.24) is 14.4 Å². The molecule has 1 saturated heterocycles. The molecular weight excluding hydrogens is 320 g/mol. The van der Waals surface area contributed by atoms with Crippen LogP contribution in [-0.4, -0.2) is 45.8 Å². The highest BCUT2D eigenvalue weighted by Gasteiger charge is 2.19. The van der Waals surface area contributed by atoms with Gasteiger partial charge in [-0.1, -0.05) is 0 Å². The smallest absolute Gasteiger partial charge is 0.160 e. The van der Waals surface area contributed by atoms with Gasteiger partial charge in [-0.2, -0.15) is 0 Å². The molecule has 4 rings (SSSR count). The number of methoxy groups -OCH3 is 1. The summed E-state index contributed by atoms with van der Waals surface area (Å²) in [6.07, 6.45) is 7.68. The van der Waals surface area contributed by atoms with Gasteiger partial charge in [0.25, 0.3) is 0 Å². The fraction of sp³-hybridized carbons (Fsp3) is 0.333. The van der Waals surface area contributed by atoms with Crippen LogP contribution < -0.4 is 10.1 Å². The highest BCUT2D eigenvalue weighted by molar-refractivity contribution is 5.77. The number of phenols is 1. The fourth-order valence-corrected chi connectivity index (χ4v) is 3.13. The maximum absolute atomic E-state index is 10.1. The van der Waals surface area contributed by atoms with Crippen LogP contribution in [0.1, 0.15) is 12.8 Å². The van der Waals surface area contributed by atoms with Crippen molar-refractivity contribution in [1.29, 1.82) is 0 Å². The topological polar surface area (TPSA) is 80.9 Å². The van der Waals surface area contributed by atoms with E-state index in [0.29, 0.717) is 12.3 Å². The summed E-state index contributed by atoms with van der Waals surface area (Å²) < 4.78 is 12.8. The number of anilines is 1. The lowest BCUT2D eigenvalue weighted by Crippen LogP contribution is -2.19. The standard InChI is InChI=1S/C18H20N4O3/c1-24-15-5-4-12(9-14(15)23)17-18(20-10-13-3-2-8-25-13)22-7-6-19-11-16(22)21-17/h4-7,9,11,13,20,23H,2-3,8,10H2,1H3. The number of nitrogens with one attached hydrogen (secondary N) is 1. The van der Waals surface area contributed by atoms with Crippen LogP contribution in [0.15, 0.2) is 36.8 Å². The van der Waals surface area contributed by atoms with Gasteiger partial charge in [0.15, 0.2) is 17.1 Å². The van der Waals surface area contributed by atoms with Crippen LogP contribution in [0.5, 0.6) is 11.5 Å². The Morgan fingerprint density at radius 2 is 2.36 bits per heavy atom. The predicted molar refractivity (Wildman–Crippen MR) is 94.1 cm³/mol. The second-order valence-corrected chi connectivity index (χ2v) is 6.02. The number of fused-ring (bicyclic) bond motifs is 1. The van der Waals surface area contributed by atoms with Crippen molar-refractivity contribution in [2.24, 2.45) is 0 Å². The van der Waals surface area contributed by atoms with Gasteiger partial charge < -0.3 is 19.9 Å². The number of nitrogens with zero attached hydrogens (tertiary/aromatic N) is 3. The zero-order valence-electron chi connectivity index (χ0n) is 14.0. The minimum absolute atomic E-state index is 0.0836. The van der Waals surface area contributed by atoms with E-state index in [9.17, 15) is 5.11 Å². The second-order valence-electron chi connectivity index (χ2n) is 6.02. The summed E-state index contributed by atoms with van der Waals surface area (Å²) in [6.45, 7) is 1.54. The van der Waals surface area contributed by atoms with Crippen molar-refractivity contribution >= 4 is 11.5 Å². The SMILES string of the molecule is COc1ccc(-c2nc3cnccn3c2NCC2CCCO2)cc1O. The summed E-state index contributed by atoms with van der Waals surface area (Å²) >= 11 is 0. The Kier molecular flexibility index (Phi) is 4.15. The van der Waals surface area contributed by atoms with Gasteiger partial charge in [0.1, 0.15) is 11.5 Å². The molecule has 0 bridgehead atoms. The number of rotatable bonds is 5. The summed E-state index contributed by atoms with van der Waals surface area (Å²) in [6, 6.07) is 5.27. The van der Waals surface area contributed by atoms with E-state index in [1.54, 1.807) is 24.5 Å². The molecule has 1 unspecified atom stereocenters. The first kappa shape index (κ1) is 15.7. The molecule has 0 saturated carbocycles. The minimum atomic E-state index is 0.0836. The van der Waals surface area contributed by atoms with Crippen LogP contribution in [-0.2, 0) is 4.74 Å². The third-order valence-electron chi connectivity index (χ3n) is 4.40. The fourth-order valence-electron chi connectivity index (χ4n) is 3.13. The van der Waals surface area contributed by atoms with E-state index in [0.717, 1.165) is 42.2 Å². The molecule has 0 aliphatic carbocycles. The maximum atomic E-state index is 10.1. The molecule has 0 amide bonds. The molecule has 25 heavy (non-hydrogen) atoms. The average Bonchev–Trinajstić information content (AvgIpc) is 3.27. The summed E-state index contributed by atoms with van der Waals surface area (Å²) in [5.41, 5.74) is 2.29. The van der Waals surface area contributed by atoms with Gasteiger partial charge in [0.05, 0.1) is 19.4 Å². The molecule has 7 nitrogen and oxygen atoms in total. The Morgan fingerprint density at radius 3 is 3.12 bits per heavy atom. The van der Waals surface area contributed by atoms with E-state index in [2.05, 4.69) is 15.3 Å². The number of aromatic nitrogens is 3. The van der Waals surface area contributed by atoms with Crippen LogP contribution in [0.3, 0.4) is 0 Å². The Balaban J connectivity index is 1.74. The number of hydrogen-bond donors (Lipinski definition) is 2. The van der Waals surface area contributed by atoms with E-state index >= 15 is 0 Å². The summed E-state index contributed by atoms with van der Waals surface area (Å²) in [5, 5.41) is 13.6. The van der Waals surface area contributed by atoms with Gasteiger partial charge in [-0.3, -0.25) is 9.38 Å². The number of ether oxygens (including phenoxy) is 2. The molecular formula is C18H20N4O3. The normalized spacial score (nSPS) is 17.1. The number of phenolic OH excluding ortho intramolecular Hbond substituents is 1. The summed E-state index contributed by atoms with van der Waals surface area (Å²) in [7, 11) is 1.53. The lowest BCUT2D eigenvalue weighted by atomic mass is 10.1. The van der Waals surface area contributed by atoms with Gasteiger partial charge in [-0.15, -0.1) is 0 Å². The largest absolute Gasteiger partial charge is 0.504 e. The third-order valence-corrected chi connectivity index (χ3v) is 4.40. The van der Waals surface area contributed by atoms with Crippen LogP contribution >= 0.6 is 0 Å². The monoisotopic (exact) mass is 340 g/mol. The third kappa shape index (κ3) is 2.98. The van der Waals surface area contributed by atoms with Crippen molar-refractivity contribution in [3.05, 3.63) is 36.8 Å². The van der Waals surface area contributed by atoms with E-state index in [-0.39, 0.29) is 11.9 Å². The summed E-state index contributed by atoms with van der Waals surface area (Å²) in [5.74, 6) is 1.38. The van der Waals surface area contributed by atoms with Crippen molar-refractivity contribution in [2.45, 2.75) is 18.9 Å². The molecule has 1 fully saturated rings. The van der Waals surface area contributed by atoms with Crippen molar-refractivity contribution < 1.29 is 14.6 Å². The number of imidazole rings is 1. The van der Waals surface area contributed by atoms with E-state index in [1.807, 2.05) is 16.7 Å². The Labute approximate surface area is 145 Å². The Morgan fingerprint density at radius 1 is 1.44 bits per heavy atom. The van der Waals surface area contributed by atoms with Crippen molar-refractivity contribution in [3.8, 4) is 22.8 Å². The van der Waals surface area contributed by atoms with Crippen molar-refractivity contribution in [3.63, 3.8) is 0 Å². The molecule has 1 aliphatic rings. The van der Waals surface area contributed by atoms with Gasteiger partial charge in [-0.25, -0.2) is 4.98 Å². The summed E-state index contributed by atoms with van der Waals surface area (Å²) in [4.78, 5) is 8.81. The molecule has 7 heteroatoms. The van der Waals surface area contributed by atoms with Gasteiger partial charge in [0, 0.05) is 31.1 Å². The molecule has 0 radical (unpaired) electrons. The maximum Gasteiger partial charge on any atom is 0.160 e. The predicted octanol–water partition coefficient (Wildman–Crippen LogP) is 2.70. The van der Waals surface area contributed by atoms with Crippen LogP contribution in [0, 0.1) is 0 Å². The highest BCUT2D eigenvalue weighted by atomic mass is 16.5. The first-order valence-electron chi connectivity index (χ1n) is 8.31. The molecule has 1 aromatic carbocycles. The van der Waals surface area contributed by atoms with Crippen LogP contribution in [0.2, 0.25) is 0 Å². The molecule has 0 spiro atoms. The number of benzene rings is 1. The van der Waals surface area contributed by atoms with Gasteiger partial charge >= 0.3 is 0 Å². The molecule has 2 N–H and O–H groups in total. The molecule has 1 aliphatic heterocycles. The Hall–Kier alpha value is -2.80. The average molecular weight is 340 g/mol. The zero-order chi connectivity index (χ0) is 17.2. The van der Waals surface area contributed by atoms with E-state index in [1.165, 1.54) is 7.11 Å². The zero-order valence-corrected chi connectivity index (χ0v) is 14.0. The van der Waals surface area contributed by atoms with E-state index in [4.69, 9.17) is 9.47 Å². The molecule has 130 valence electrons. The van der Waals surface area contributed by atoms with Crippen LogP contribution in [0.4, 0.5) is 5.82 Å². The molecule has 3 heterocycles. The minimum Gasteiger partial charge on any atom is -0.504 e. The van der Waals surface area contributed by atoms with Crippen LogP contribution in [0.25, 0.3) is 16.9 Å². The first-order valence-corrected chi connectivity index (χ1v) is 8.31. The first-order chi connectivity index (χ1) is 12.3. The lowest BCUT2D eigenvalue weighted by molar-refractivity contribution is 0.120. The lowest BCUT2D eigenvalue weighted by Gasteiger charge is -2.13. The quantitative estimate of drug-likeness (QED) is 0.743.